The number of hydrogen-bond donors (Lipinski definition) is 2. The number of ether oxygens (including phenoxy) is 2. The molecule has 44 heavy (non-hydrogen) atoms. The summed E-state index contributed by atoms with van der Waals surface area (Å²) in [6.45, 7) is 9.18. The van der Waals surface area contributed by atoms with Crippen LogP contribution in [0.1, 0.15) is 68.8 Å². The lowest BCUT2D eigenvalue weighted by Crippen LogP contribution is -2.47. The second-order valence-electron chi connectivity index (χ2n) is 12.6. The fourth-order valence-corrected chi connectivity index (χ4v) is 5.51. The SMILES string of the molecule is C[C@@H]1CN([C@H](C)CO)C(=O)c2cc(NC(=O)CCCN(C)C)ccc2O[C@@H](C)CCCCO[C@H]1CN(C)Cc1ccccc1. The molecule has 0 saturated heterocycles. The lowest BCUT2D eigenvalue weighted by Gasteiger charge is -2.36. The van der Waals surface area contributed by atoms with Gasteiger partial charge in [-0.2, -0.15) is 0 Å². The summed E-state index contributed by atoms with van der Waals surface area (Å²) >= 11 is 0. The number of rotatable bonds is 11. The third-order valence-corrected chi connectivity index (χ3v) is 8.13. The van der Waals surface area contributed by atoms with Crippen molar-refractivity contribution in [2.75, 3.05) is 59.3 Å². The molecule has 0 radical (unpaired) electrons. The van der Waals surface area contributed by atoms with Crippen LogP contribution in [0.2, 0.25) is 0 Å². The fraction of sp³-hybridized carbons (Fsp3) is 0.600. The van der Waals surface area contributed by atoms with Crippen LogP contribution in [0, 0.1) is 5.92 Å². The van der Waals surface area contributed by atoms with Crippen LogP contribution in [0.15, 0.2) is 48.5 Å². The number of nitrogens with one attached hydrogen (secondary N) is 1. The molecule has 0 spiro atoms. The van der Waals surface area contributed by atoms with Crippen molar-refractivity contribution in [3.05, 3.63) is 59.7 Å². The lowest BCUT2D eigenvalue weighted by molar-refractivity contribution is -0.116. The highest BCUT2D eigenvalue weighted by atomic mass is 16.5. The zero-order valence-electron chi connectivity index (χ0n) is 27.6. The average molecular weight is 611 g/mol. The van der Waals surface area contributed by atoms with Crippen LogP contribution in [0.25, 0.3) is 0 Å². The van der Waals surface area contributed by atoms with E-state index in [1.165, 1.54) is 5.56 Å². The third kappa shape index (κ3) is 11.5. The van der Waals surface area contributed by atoms with Gasteiger partial charge in [0, 0.05) is 44.3 Å². The zero-order chi connectivity index (χ0) is 32.1. The summed E-state index contributed by atoms with van der Waals surface area (Å²) < 4.78 is 12.8. The first kappa shape index (κ1) is 35.5. The number of anilines is 1. The molecular weight excluding hydrogens is 556 g/mol. The van der Waals surface area contributed by atoms with Gasteiger partial charge in [-0.1, -0.05) is 37.3 Å². The molecule has 1 aliphatic rings. The Morgan fingerprint density at radius 1 is 1.11 bits per heavy atom. The predicted molar refractivity (Wildman–Crippen MR) is 176 cm³/mol. The van der Waals surface area contributed by atoms with E-state index in [4.69, 9.17) is 9.47 Å². The van der Waals surface area contributed by atoms with Crippen molar-refractivity contribution in [3.63, 3.8) is 0 Å². The van der Waals surface area contributed by atoms with E-state index in [2.05, 4.69) is 36.3 Å². The van der Waals surface area contributed by atoms with E-state index in [-0.39, 0.29) is 36.5 Å². The maximum absolute atomic E-state index is 14.3. The van der Waals surface area contributed by atoms with Crippen LogP contribution < -0.4 is 10.1 Å². The molecule has 0 bridgehead atoms. The summed E-state index contributed by atoms with van der Waals surface area (Å²) in [5, 5.41) is 13.2. The lowest BCUT2D eigenvalue weighted by atomic mass is 10.0. The number of aliphatic hydroxyl groups is 1. The van der Waals surface area contributed by atoms with Crippen molar-refractivity contribution >= 4 is 17.5 Å². The van der Waals surface area contributed by atoms with E-state index < -0.39 is 6.04 Å². The minimum absolute atomic E-state index is 0.00279. The van der Waals surface area contributed by atoms with Crippen molar-refractivity contribution < 1.29 is 24.2 Å². The van der Waals surface area contributed by atoms with E-state index >= 15 is 0 Å². The second-order valence-corrected chi connectivity index (χ2v) is 12.6. The Hall–Kier alpha value is -2.98. The maximum atomic E-state index is 14.3. The van der Waals surface area contributed by atoms with Gasteiger partial charge < -0.3 is 29.7 Å². The van der Waals surface area contributed by atoms with E-state index in [1.54, 1.807) is 23.1 Å². The molecule has 0 fully saturated rings. The molecule has 0 aliphatic carbocycles. The van der Waals surface area contributed by atoms with Crippen LogP contribution in [-0.2, 0) is 16.1 Å². The Balaban J connectivity index is 1.87. The van der Waals surface area contributed by atoms with Gasteiger partial charge in [-0.15, -0.1) is 0 Å². The largest absolute Gasteiger partial charge is 0.490 e. The summed E-state index contributed by atoms with van der Waals surface area (Å²) in [6, 6.07) is 15.2. The molecule has 2 N–H and O–H groups in total. The van der Waals surface area contributed by atoms with Crippen molar-refractivity contribution in [2.45, 2.75) is 77.7 Å². The van der Waals surface area contributed by atoms with Gasteiger partial charge >= 0.3 is 0 Å². The van der Waals surface area contributed by atoms with Gasteiger partial charge in [0.1, 0.15) is 5.75 Å². The van der Waals surface area contributed by atoms with Crippen molar-refractivity contribution in [3.8, 4) is 5.75 Å². The predicted octanol–water partition coefficient (Wildman–Crippen LogP) is 4.89. The van der Waals surface area contributed by atoms with Crippen LogP contribution in [0.5, 0.6) is 5.75 Å². The number of likely N-dealkylation sites (N-methyl/N-ethyl adjacent to an activating group) is 1. The molecule has 9 heteroatoms. The topological polar surface area (TPSA) is 94.6 Å². The molecule has 244 valence electrons. The van der Waals surface area contributed by atoms with E-state index in [9.17, 15) is 14.7 Å². The van der Waals surface area contributed by atoms with Gasteiger partial charge in [-0.05, 0) is 91.0 Å². The smallest absolute Gasteiger partial charge is 0.258 e. The first-order valence-electron chi connectivity index (χ1n) is 16.1. The molecule has 0 saturated carbocycles. The highest BCUT2D eigenvalue weighted by Gasteiger charge is 2.30. The molecule has 2 aromatic carbocycles. The van der Waals surface area contributed by atoms with Crippen LogP contribution in [-0.4, -0.2) is 104 Å². The molecule has 3 rings (SSSR count). The van der Waals surface area contributed by atoms with Gasteiger partial charge in [0.15, 0.2) is 0 Å². The Bertz CT molecular complexity index is 1160. The van der Waals surface area contributed by atoms with Crippen molar-refractivity contribution in [1.29, 1.82) is 0 Å². The summed E-state index contributed by atoms with van der Waals surface area (Å²) in [5.41, 5.74) is 2.17. The highest BCUT2D eigenvalue weighted by molar-refractivity contribution is 5.99. The number of aliphatic hydroxyl groups excluding tert-OH is 1. The van der Waals surface area contributed by atoms with Crippen LogP contribution >= 0.6 is 0 Å². The number of benzene rings is 2. The maximum Gasteiger partial charge on any atom is 0.258 e. The highest BCUT2D eigenvalue weighted by Crippen LogP contribution is 2.28. The van der Waals surface area contributed by atoms with Gasteiger partial charge in [0.25, 0.3) is 5.91 Å². The molecule has 4 atom stereocenters. The fourth-order valence-electron chi connectivity index (χ4n) is 5.51. The molecule has 1 heterocycles. The second kappa shape index (κ2) is 18.1. The van der Waals surface area contributed by atoms with E-state index in [1.807, 2.05) is 51.0 Å². The van der Waals surface area contributed by atoms with Gasteiger partial charge in [-0.3, -0.25) is 14.5 Å². The minimum atomic E-state index is -0.421. The molecule has 0 aromatic heterocycles. The summed E-state index contributed by atoms with van der Waals surface area (Å²) in [5.74, 6) is 0.154. The standard InChI is InChI=1S/C35H54N4O5/c1-26-22-39(27(2)25-40)35(42)31-21-30(36-34(41)16-12-19-37(4)5)17-18-32(31)44-28(3)13-10-11-20-43-33(26)24-38(6)23-29-14-8-7-9-15-29/h7-9,14-15,17-18,21,26-28,33,40H,10-13,16,19-20,22-25H2,1-6H3,(H,36,41)/t26-,27-,28+,33+/m1/s1. The Kier molecular flexibility index (Phi) is 14.6. The number of hydrogen-bond acceptors (Lipinski definition) is 7. The molecule has 9 nitrogen and oxygen atoms in total. The van der Waals surface area contributed by atoms with Crippen LogP contribution in [0.3, 0.4) is 0 Å². The number of amides is 2. The van der Waals surface area contributed by atoms with Gasteiger partial charge in [0.05, 0.1) is 30.4 Å². The quantitative estimate of drug-likeness (QED) is 0.374. The van der Waals surface area contributed by atoms with Crippen molar-refractivity contribution in [1.82, 2.24) is 14.7 Å². The first-order chi connectivity index (χ1) is 21.1. The number of fused-ring (bicyclic) bond motifs is 1. The molecular formula is C35H54N4O5. The number of carbonyl (C=O) groups excluding carboxylic acids is 2. The first-order valence-corrected chi connectivity index (χ1v) is 16.1. The van der Waals surface area contributed by atoms with Crippen molar-refractivity contribution in [2.24, 2.45) is 5.92 Å². The Morgan fingerprint density at radius 3 is 2.57 bits per heavy atom. The Labute approximate surface area is 264 Å². The number of nitrogens with zero attached hydrogens (tertiary/aromatic N) is 3. The van der Waals surface area contributed by atoms with E-state index in [0.717, 1.165) is 38.8 Å². The van der Waals surface area contributed by atoms with Gasteiger partial charge in [-0.25, -0.2) is 0 Å². The molecule has 0 unspecified atom stereocenters. The summed E-state index contributed by atoms with van der Waals surface area (Å²) in [7, 11) is 6.06. The van der Waals surface area contributed by atoms with E-state index in [0.29, 0.717) is 43.1 Å². The third-order valence-electron chi connectivity index (χ3n) is 8.13. The zero-order valence-corrected chi connectivity index (χ0v) is 27.6. The van der Waals surface area contributed by atoms with Gasteiger partial charge in [0.2, 0.25) is 5.91 Å². The molecule has 2 aromatic rings. The number of carbonyl (C=O) groups is 2. The van der Waals surface area contributed by atoms with Crippen LogP contribution in [0.4, 0.5) is 5.69 Å². The summed E-state index contributed by atoms with van der Waals surface area (Å²) in [4.78, 5) is 33.0. The Morgan fingerprint density at radius 2 is 1.86 bits per heavy atom. The average Bonchev–Trinajstić information content (AvgIpc) is 2.98. The minimum Gasteiger partial charge on any atom is -0.490 e. The summed E-state index contributed by atoms with van der Waals surface area (Å²) in [6.07, 6.45) is 3.61. The monoisotopic (exact) mass is 610 g/mol. The molecule has 1 aliphatic heterocycles. The normalized spacial score (nSPS) is 21.0. The molecule has 2 amide bonds.